The summed E-state index contributed by atoms with van der Waals surface area (Å²) in [6, 6.07) is -0.300. The molecule has 2 aliphatic rings. The largest absolute Gasteiger partial charge is 0.461 e. The minimum atomic E-state index is -0.441. The van der Waals surface area contributed by atoms with Crippen LogP contribution >= 0.6 is 11.8 Å². The third-order valence-electron chi connectivity index (χ3n) is 4.64. The Hall–Kier alpha value is -1.87. The average molecular weight is 397 g/mol. The van der Waals surface area contributed by atoms with Gasteiger partial charge in [0.1, 0.15) is 18.9 Å². The highest BCUT2D eigenvalue weighted by Gasteiger charge is 2.39. The summed E-state index contributed by atoms with van der Waals surface area (Å²) in [4.78, 5) is 43.9. The summed E-state index contributed by atoms with van der Waals surface area (Å²) in [7, 11) is 1.92. The Morgan fingerprint density at radius 1 is 1.37 bits per heavy atom. The molecule has 0 aromatic heterocycles. The number of amides is 1. The number of hydrogen-bond acceptors (Lipinski definition) is 7. The topological polar surface area (TPSA) is 105 Å². The van der Waals surface area contributed by atoms with Crippen LogP contribution in [0.4, 0.5) is 0 Å². The Morgan fingerprint density at radius 2 is 2.11 bits per heavy atom. The number of nitrogens with two attached hydrogens (primary N) is 1. The highest BCUT2D eigenvalue weighted by atomic mass is 32.2. The maximum absolute atomic E-state index is 12.8. The number of aliphatic imine (C=N–C) groups is 1. The smallest absolute Gasteiger partial charge is 0.313 e. The standard InChI is InChI=1S/C18H28N4O4S/c1-4-7-26-17(24)9-16(19)20-13-5-6-22(10-13)18(25)15-8-14(11-21(15)3)27-12(2)23/h4,13-15H,1,5-11H2,2-3H3,(H2,19,20)/t13-,14+,15+/m1/s1. The fourth-order valence-electron chi connectivity index (χ4n) is 3.45. The van der Waals surface area contributed by atoms with Gasteiger partial charge in [-0.05, 0) is 19.9 Å². The summed E-state index contributed by atoms with van der Waals surface area (Å²) < 4.78 is 4.89. The SMILES string of the molecule is C=CCOC(=O)CC(N)=N[C@@H]1CCN(C(=O)[C@@H]2C[C@H](SC(C)=O)CN2C)C1. The van der Waals surface area contributed by atoms with Gasteiger partial charge in [-0.25, -0.2) is 0 Å². The number of rotatable bonds is 7. The molecule has 150 valence electrons. The number of likely N-dealkylation sites (N-methyl/N-ethyl adjacent to an activating group) is 1. The molecule has 3 atom stereocenters. The predicted octanol–water partition coefficient (Wildman–Crippen LogP) is 0.416. The van der Waals surface area contributed by atoms with E-state index in [1.54, 1.807) is 11.8 Å². The van der Waals surface area contributed by atoms with Gasteiger partial charge in [0.15, 0.2) is 5.12 Å². The monoisotopic (exact) mass is 396 g/mol. The van der Waals surface area contributed by atoms with Gasteiger partial charge >= 0.3 is 5.97 Å². The fourth-order valence-corrected chi connectivity index (χ4v) is 4.51. The molecule has 0 aliphatic carbocycles. The van der Waals surface area contributed by atoms with E-state index in [4.69, 9.17) is 10.5 Å². The molecule has 8 nitrogen and oxygen atoms in total. The van der Waals surface area contributed by atoms with E-state index in [-0.39, 0.29) is 47.2 Å². The summed E-state index contributed by atoms with van der Waals surface area (Å²) in [5, 5.41) is 0.245. The normalized spacial score (nSPS) is 26.2. The number of esters is 1. The average Bonchev–Trinajstić information content (AvgIpc) is 3.18. The quantitative estimate of drug-likeness (QED) is 0.288. The summed E-state index contributed by atoms with van der Waals surface area (Å²) in [5.74, 6) is -0.145. The van der Waals surface area contributed by atoms with E-state index in [1.165, 1.54) is 17.8 Å². The van der Waals surface area contributed by atoms with Crippen molar-refractivity contribution in [2.24, 2.45) is 10.7 Å². The van der Waals surface area contributed by atoms with Gasteiger partial charge in [-0.1, -0.05) is 24.4 Å². The van der Waals surface area contributed by atoms with Gasteiger partial charge in [0.05, 0.1) is 12.1 Å². The number of carbonyl (C=O) groups excluding carboxylic acids is 3. The zero-order chi connectivity index (χ0) is 20.0. The summed E-state index contributed by atoms with van der Waals surface area (Å²) in [6.07, 6.45) is 2.83. The van der Waals surface area contributed by atoms with Crippen LogP contribution in [0.3, 0.4) is 0 Å². The van der Waals surface area contributed by atoms with E-state index in [1.807, 2.05) is 11.9 Å². The molecule has 9 heteroatoms. The molecular weight excluding hydrogens is 368 g/mol. The Kier molecular flexibility index (Phi) is 7.85. The summed E-state index contributed by atoms with van der Waals surface area (Å²) >= 11 is 1.31. The Bertz CT molecular complexity index is 624. The van der Waals surface area contributed by atoms with E-state index in [9.17, 15) is 14.4 Å². The molecular formula is C18H28N4O4S. The molecule has 0 aromatic rings. The van der Waals surface area contributed by atoms with Crippen LogP contribution in [0.5, 0.6) is 0 Å². The minimum absolute atomic E-state index is 0.0619. The second-order valence-corrected chi connectivity index (χ2v) is 8.40. The first kappa shape index (κ1) is 21.4. The molecule has 2 rings (SSSR count). The predicted molar refractivity (Wildman–Crippen MR) is 105 cm³/mol. The number of thioether (sulfide) groups is 1. The minimum Gasteiger partial charge on any atom is -0.461 e. The van der Waals surface area contributed by atoms with Gasteiger partial charge in [-0.2, -0.15) is 0 Å². The van der Waals surface area contributed by atoms with Crippen LogP contribution in [-0.2, 0) is 19.1 Å². The highest BCUT2D eigenvalue weighted by Crippen LogP contribution is 2.29. The molecule has 2 N–H and O–H groups in total. The number of nitrogens with zero attached hydrogens (tertiary/aromatic N) is 3. The molecule has 0 radical (unpaired) electrons. The van der Waals surface area contributed by atoms with Gasteiger partial charge in [-0.3, -0.25) is 24.3 Å². The van der Waals surface area contributed by atoms with Gasteiger partial charge in [-0.15, -0.1) is 0 Å². The van der Waals surface area contributed by atoms with Gasteiger partial charge in [0.2, 0.25) is 5.91 Å². The third kappa shape index (κ3) is 6.35. The molecule has 1 amide bonds. The lowest BCUT2D eigenvalue weighted by atomic mass is 10.2. The van der Waals surface area contributed by atoms with Crippen molar-refractivity contribution in [1.29, 1.82) is 0 Å². The molecule has 0 aromatic carbocycles. The van der Waals surface area contributed by atoms with E-state index in [2.05, 4.69) is 11.6 Å². The lowest BCUT2D eigenvalue weighted by molar-refractivity contribution is -0.141. The van der Waals surface area contributed by atoms with Crippen molar-refractivity contribution >= 4 is 34.6 Å². The van der Waals surface area contributed by atoms with Gasteiger partial charge in [0.25, 0.3) is 0 Å². The molecule has 0 saturated carbocycles. The zero-order valence-corrected chi connectivity index (χ0v) is 16.7. The van der Waals surface area contributed by atoms with E-state index >= 15 is 0 Å². The maximum atomic E-state index is 12.8. The highest BCUT2D eigenvalue weighted by molar-refractivity contribution is 8.14. The fraction of sp³-hybridized carbons (Fsp3) is 0.667. The van der Waals surface area contributed by atoms with Crippen molar-refractivity contribution in [1.82, 2.24) is 9.80 Å². The molecule has 2 heterocycles. The van der Waals surface area contributed by atoms with Crippen LogP contribution in [0.1, 0.15) is 26.2 Å². The van der Waals surface area contributed by atoms with Crippen molar-refractivity contribution in [3.63, 3.8) is 0 Å². The molecule has 2 aliphatic heterocycles. The van der Waals surface area contributed by atoms with E-state index < -0.39 is 5.97 Å². The first-order valence-corrected chi connectivity index (χ1v) is 9.93. The van der Waals surface area contributed by atoms with Crippen molar-refractivity contribution in [2.75, 3.05) is 33.3 Å². The Morgan fingerprint density at radius 3 is 2.78 bits per heavy atom. The maximum Gasteiger partial charge on any atom is 0.313 e. The second-order valence-electron chi connectivity index (χ2n) is 6.92. The molecule has 0 unspecified atom stereocenters. The van der Waals surface area contributed by atoms with Crippen molar-refractivity contribution in [3.8, 4) is 0 Å². The summed E-state index contributed by atoms with van der Waals surface area (Å²) in [5.41, 5.74) is 5.83. The van der Waals surface area contributed by atoms with Gasteiger partial charge < -0.3 is 15.4 Å². The Balaban J connectivity index is 1.85. The van der Waals surface area contributed by atoms with E-state index in [0.29, 0.717) is 19.5 Å². The van der Waals surface area contributed by atoms with Crippen LogP contribution in [0, 0.1) is 0 Å². The lowest BCUT2D eigenvalue weighted by Crippen LogP contribution is -2.43. The number of carbonyl (C=O) groups is 3. The van der Waals surface area contributed by atoms with Crippen LogP contribution in [0.2, 0.25) is 0 Å². The first-order valence-electron chi connectivity index (χ1n) is 9.05. The molecule has 0 bridgehead atoms. The number of hydrogen-bond donors (Lipinski definition) is 1. The van der Waals surface area contributed by atoms with Crippen LogP contribution in [0.25, 0.3) is 0 Å². The number of likely N-dealkylation sites (tertiary alicyclic amines) is 2. The molecule has 2 saturated heterocycles. The first-order chi connectivity index (χ1) is 12.8. The van der Waals surface area contributed by atoms with Crippen molar-refractivity contribution < 1.29 is 19.1 Å². The van der Waals surface area contributed by atoms with Crippen molar-refractivity contribution in [2.45, 2.75) is 43.5 Å². The second kappa shape index (κ2) is 9.89. The van der Waals surface area contributed by atoms with Gasteiger partial charge in [0, 0.05) is 31.8 Å². The Labute approximate surface area is 164 Å². The summed E-state index contributed by atoms with van der Waals surface area (Å²) in [6.45, 7) is 7.03. The van der Waals surface area contributed by atoms with E-state index in [0.717, 1.165) is 13.0 Å². The van der Waals surface area contributed by atoms with Crippen LogP contribution < -0.4 is 5.73 Å². The number of amidine groups is 1. The lowest BCUT2D eigenvalue weighted by Gasteiger charge is -2.24. The third-order valence-corrected chi connectivity index (χ3v) is 5.65. The zero-order valence-electron chi connectivity index (χ0n) is 15.9. The van der Waals surface area contributed by atoms with Crippen molar-refractivity contribution in [3.05, 3.63) is 12.7 Å². The van der Waals surface area contributed by atoms with Crippen LogP contribution in [0.15, 0.2) is 17.6 Å². The molecule has 27 heavy (non-hydrogen) atoms. The molecule has 2 fully saturated rings. The van der Waals surface area contributed by atoms with Crippen LogP contribution in [-0.4, -0.2) is 83.2 Å². The number of ether oxygens (including phenoxy) is 1. The molecule has 0 spiro atoms.